The summed E-state index contributed by atoms with van der Waals surface area (Å²) >= 11 is 0. The van der Waals surface area contributed by atoms with E-state index >= 15 is 4.39 Å². The number of rotatable bonds is 14. The molecule has 6 heteroatoms. The van der Waals surface area contributed by atoms with Crippen molar-refractivity contribution in [2.45, 2.75) is 37.5 Å². The Morgan fingerprint density at radius 1 is 0.690 bits per heavy atom. The third-order valence-corrected chi connectivity index (χ3v) is 7.48. The van der Waals surface area contributed by atoms with Crippen LogP contribution in [0.2, 0.25) is 0 Å². The van der Waals surface area contributed by atoms with Gasteiger partial charge in [0.05, 0.1) is 20.3 Å². The number of halogens is 1. The quantitative estimate of drug-likeness (QED) is 0.0694. The highest BCUT2D eigenvalue weighted by molar-refractivity contribution is 5.47. The molecule has 0 aliphatic heterocycles. The minimum Gasteiger partial charge on any atom is -0.497 e. The second kappa shape index (κ2) is 14.4. The largest absolute Gasteiger partial charge is 0.497 e. The van der Waals surface area contributed by atoms with Crippen LogP contribution in [0.4, 0.5) is 4.39 Å². The van der Waals surface area contributed by atoms with Crippen LogP contribution in [0, 0.1) is 0 Å². The average molecular weight is 569 g/mol. The van der Waals surface area contributed by atoms with Gasteiger partial charge in [-0.15, -0.1) is 0 Å². The third-order valence-electron chi connectivity index (χ3n) is 7.48. The van der Waals surface area contributed by atoms with E-state index in [0.29, 0.717) is 12.2 Å². The summed E-state index contributed by atoms with van der Waals surface area (Å²) in [6, 6.07) is 37.9. The van der Waals surface area contributed by atoms with Crippen molar-refractivity contribution in [1.29, 1.82) is 0 Å². The van der Waals surface area contributed by atoms with E-state index in [1.54, 1.807) is 13.2 Å². The van der Waals surface area contributed by atoms with Crippen LogP contribution in [-0.4, -0.2) is 45.5 Å². The summed E-state index contributed by atoms with van der Waals surface area (Å²) in [6.45, 7) is 2.69. The van der Waals surface area contributed by atoms with E-state index in [1.807, 2.05) is 85.8 Å². The SMILES string of the molecule is CCOCO[C@H]1C(COC(c2ccccc2)(c2ccccc2)c2ccccc2)=C[C@H](OCc2ccc(OC)cc2)C1F. The van der Waals surface area contributed by atoms with E-state index in [4.69, 9.17) is 23.7 Å². The van der Waals surface area contributed by atoms with Crippen LogP contribution in [0.1, 0.15) is 29.2 Å². The summed E-state index contributed by atoms with van der Waals surface area (Å²) in [5.74, 6) is 0.755. The normalized spacial score (nSPS) is 18.5. The van der Waals surface area contributed by atoms with Crippen molar-refractivity contribution in [3.05, 3.63) is 149 Å². The van der Waals surface area contributed by atoms with Crippen molar-refractivity contribution < 1.29 is 28.1 Å². The molecule has 0 N–H and O–H groups in total. The van der Waals surface area contributed by atoms with Crippen LogP contribution >= 0.6 is 0 Å². The molecule has 0 bridgehead atoms. The third kappa shape index (κ3) is 6.63. The summed E-state index contributed by atoms with van der Waals surface area (Å²) in [7, 11) is 1.62. The first kappa shape index (κ1) is 29.7. The maximum Gasteiger partial charge on any atom is 0.160 e. The number of hydrogen-bond donors (Lipinski definition) is 0. The first-order valence-corrected chi connectivity index (χ1v) is 14.2. The van der Waals surface area contributed by atoms with Crippen LogP contribution in [0.15, 0.2) is 127 Å². The van der Waals surface area contributed by atoms with E-state index < -0.39 is 24.0 Å². The molecule has 5 nitrogen and oxygen atoms in total. The van der Waals surface area contributed by atoms with Gasteiger partial charge in [0.15, 0.2) is 6.17 Å². The molecule has 42 heavy (non-hydrogen) atoms. The average Bonchev–Trinajstić information content (AvgIpc) is 3.36. The van der Waals surface area contributed by atoms with Crippen LogP contribution in [0.5, 0.6) is 5.75 Å². The van der Waals surface area contributed by atoms with Crippen LogP contribution < -0.4 is 4.74 Å². The fourth-order valence-corrected chi connectivity index (χ4v) is 5.32. The molecule has 1 aliphatic rings. The van der Waals surface area contributed by atoms with Gasteiger partial charge in [-0.05, 0) is 53.0 Å². The van der Waals surface area contributed by atoms with Crippen molar-refractivity contribution in [2.24, 2.45) is 0 Å². The lowest BCUT2D eigenvalue weighted by Crippen LogP contribution is -2.36. The molecule has 0 saturated heterocycles. The van der Waals surface area contributed by atoms with Gasteiger partial charge in [-0.2, -0.15) is 0 Å². The van der Waals surface area contributed by atoms with Gasteiger partial charge < -0.3 is 23.7 Å². The Morgan fingerprint density at radius 3 is 1.74 bits per heavy atom. The lowest BCUT2D eigenvalue weighted by molar-refractivity contribution is -0.111. The number of benzene rings is 4. The molecule has 0 fully saturated rings. The lowest BCUT2D eigenvalue weighted by atomic mass is 9.80. The van der Waals surface area contributed by atoms with E-state index in [-0.39, 0.29) is 20.0 Å². The summed E-state index contributed by atoms with van der Waals surface area (Å²) in [4.78, 5) is 0. The predicted molar refractivity (Wildman–Crippen MR) is 161 cm³/mol. The number of ether oxygens (including phenoxy) is 5. The van der Waals surface area contributed by atoms with Crippen LogP contribution in [0.25, 0.3) is 0 Å². The molecule has 1 aliphatic carbocycles. The maximum absolute atomic E-state index is 15.9. The zero-order valence-electron chi connectivity index (χ0n) is 24.0. The van der Waals surface area contributed by atoms with Crippen LogP contribution in [0.3, 0.4) is 0 Å². The number of methoxy groups -OCH3 is 1. The van der Waals surface area contributed by atoms with Crippen LogP contribution in [-0.2, 0) is 31.2 Å². The van der Waals surface area contributed by atoms with E-state index in [0.717, 1.165) is 28.0 Å². The first-order valence-electron chi connectivity index (χ1n) is 14.2. The Kier molecular flexibility index (Phi) is 10.2. The second-order valence-electron chi connectivity index (χ2n) is 10.1. The Bertz CT molecular complexity index is 1300. The summed E-state index contributed by atoms with van der Waals surface area (Å²) in [6.07, 6.45) is -1.27. The summed E-state index contributed by atoms with van der Waals surface area (Å²) < 4.78 is 45.5. The lowest BCUT2D eigenvalue weighted by Gasteiger charge is -2.36. The molecule has 1 unspecified atom stereocenters. The molecular weight excluding hydrogens is 531 g/mol. The maximum atomic E-state index is 15.9. The molecule has 4 aromatic rings. The van der Waals surface area contributed by atoms with Gasteiger partial charge in [-0.3, -0.25) is 0 Å². The molecule has 0 amide bonds. The molecule has 4 aromatic carbocycles. The smallest absolute Gasteiger partial charge is 0.160 e. The molecule has 0 heterocycles. The van der Waals surface area contributed by atoms with Gasteiger partial charge in [0.2, 0.25) is 0 Å². The number of hydrogen-bond acceptors (Lipinski definition) is 5. The molecule has 0 saturated carbocycles. The van der Waals surface area contributed by atoms with E-state index in [9.17, 15) is 0 Å². The topological polar surface area (TPSA) is 46.2 Å². The Labute approximate surface area is 247 Å². The van der Waals surface area contributed by atoms with Crippen molar-refractivity contribution >= 4 is 0 Å². The first-order chi connectivity index (χ1) is 20.7. The highest BCUT2D eigenvalue weighted by atomic mass is 19.1. The van der Waals surface area contributed by atoms with Gasteiger partial charge in [-0.25, -0.2) is 4.39 Å². The molecule has 3 atom stereocenters. The van der Waals surface area contributed by atoms with Crippen molar-refractivity contribution in [3.63, 3.8) is 0 Å². The molecule has 0 radical (unpaired) electrons. The van der Waals surface area contributed by atoms with Gasteiger partial charge in [-0.1, -0.05) is 103 Å². The predicted octanol–water partition coefficient (Wildman–Crippen LogP) is 7.25. The van der Waals surface area contributed by atoms with Gasteiger partial charge >= 0.3 is 0 Å². The second-order valence-corrected chi connectivity index (χ2v) is 10.1. The highest BCUT2D eigenvalue weighted by Crippen LogP contribution is 2.42. The van der Waals surface area contributed by atoms with Crippen molar-refractivity contribution in [3.8, 4) is 5.75 Å². The van der Waals surface area contributed by atoms with E-state index in [1.165, 1.54) is 0 Å². The number of alkyl halides is 1. The Morgan fingerprint density at radius 2 is 1.24 bits per heavy atom. The highest BCUT2D eigenvalue weighted by Gasteiger charge is 2.42. The van der Waals surface area contributed by atoms with Gasteiger partial charge in [0, 0.05) is 6.61 Å². The molecule has 5 rings (SSSR count). The molecular formula is C36H37FO5. The monoisotopic (exact) mass is 568 g/mol. The van der Waals surface area contributed by atoms with E-state index in [2.05, 4.69) is 36.4 Å². The summed E-state index contributed by atoms with van der Waals surface area (Å²) in [5.41, 5.74) is 3.56. The minimum absolute atomic E-state index is 0.0225. The minimum atomic E-state index is -1.41. The van der Waals surface area contributed by atoms with Crippen molar-refractivity contribution in [1.82, 2.24) is 0 Å². The Balaban J connectivity index is 1.46. The molecule has 0 aromatic heterocycles. The van der Waals surface area contributed by atoms with Gasteiger partial charge in [0.25, 0.3) is 0 Å². The zero-order valence-corrected chi connectivity index (χ0v) is 24.0. The fourth-order valence-electron chi connectivity index (χ4n) is 5.32. The molecule has 218 valence electrons. The summed E-state index contributed by atoms with van der Waals surface area (Å²) in [5, 5.41) is 0. The van der Waals surface area contributed by atoms with Crippen molar-refractivity contribution in [2.75, 3.05) is 27.1 Å². The Hall–Kier alpha value is -3.81. The standard InChI is InChI=1S/C36H37FO5/c1-3-39-26-41-35-28(23-33(34(35)37)40-24-27-19-21-32(38-2)22-20-27)25-42-36(29-13-7-4-8-14-29,30-15-9-5-10-16-30)31-17-11-6-12-18-31/h4-23,33-35H,3,24-26H2,1-2H3/t33-,34?,35-/m0/s1. The molecule has 0 spiro atoms. The zero-order chi connectivity index (χ0) is 29.2. The fraction of sp³-hybridized carbons (Fsp3) is 0.278. The van der Waals surface area contributed by atoms with Gasteiger partial charge in [0.1, 0.15) is 30.4 Å².